The lowest BCUT2D eigenvalue weighted by Gasteiger charge is -2.19. The Morgan fingerprint density at radius 2 is 2.15 bits per heavy atom. The van der Waals surface area contributed by atoms with Crippen molar-refractivity contribution in [1.82, 2.24) is 0 Å². The fraction of sp³-hybridized carbons (Fsp3) is 0.417. The summed E-state index contributed by atoms with van der Waals surface area (Å²) >= 11 is 0.980. The van der Waals surface area contributed by atoms with Gasteiger partial charge in [0.05, 0.1) is 11.2 Å². The number of fused-ring (bicyclic) bond motifs is 1. The van der Waals surface area contributed by atoms with Crippen LogP contribution in [0, 0.1) is 10.1 Å². The molecule has 0 fully saturated rings. The van der Waals surface area contributed by atoms with Crippen molar-refractivity contribution in [2.75, 3.05) is 13.3 Å². The predicted molar refractivity (Wildman–Crippen MR) is 69.2 cm³/mol. The molecular formula is C12H12NO6S-. The number of aliphatic carboxylic acids is 1. The summed E-state index contributed by atoms with van der Waals surface area (Å²) < 4.78 is 10.4. The van der Waals surface area contributed by atoms with E-state index in [0.717, 1.165) is 11.8 Å². The minimum atomic E-state index is -1.25. The molecule has 0 aromatic heterocycles. The Balaban J connectivity index is 2.21. The van der Waals surface area contributed by atoms with Crippen LogP contribution in [-0.4, -0.2) is 29.5 Å². The average Bonchev–Trinajstić information content (AvgIpc) is 2.84. The average molecular weight is 298 g/mol. The highest BCUT2D eigenvalue weighted by atomic mass is 32.2. The summed E-state index contributed by atoms with van der Waals surface area (Å²) in [6.07, 6.45) is 0. The van der Waals surface area contributed by atoms with E-state index in [4.69, 9.17) is 9.47 Å². The molecule has 2 rings (SSSR count). The molecule has 0 radical (unpaired) electrons. The maximum absolute atomic E-state index is 10.8. The lowest BCUT2D eigenvalue weighted by atomic mass is 10.1. The third-order valence-electron chi connectivity index (χ3n) is 2.78. The van der Waals surface area contributed by atoms with Gasteiger partial charge in [-0.2, -0.15) is 0 Å². The highest BCUT2D eigenvalue weighted by Crippen LogP contribution is 2.39. The van der Waals surface area contributed by atoms with Gasteiger partial charge in [0.2, 0.25) is 13.3 Å². The summed E-state index contributed by atoms with van der Waals surface area (Å²) in [7, 11) is 0. The highest BCUT2D eigenvalue weighted by Gasteiger charge is 2.24. The maximum atomic E-state index is 10.8. The number of ether oxygens (including phenoxy) is 2. The van der Waals surface area contributed by atoms with Crippen molar-refractivity contribution >= 4 is 17.7 Å². The Hall–Kier alpha value is -1.96. The van der Waals surface area contributed by atoms with Crippen LogP contribution in [0.2, 0.25) is 0 Å². The zero-order valence-corrected chi connectivity index (χ0v) is 11.4. The zero-order valence-electron chi connectivity index (χ0n) is 10.6. The summed E-state index contributed by atoms with van der Waals surface area (Å²) in [5, 5.41) is 20.1. The van der Waals surface area contributed by atoms with Gasteiger partial charge < -0.3 is 19.4 Å². The highest BCUT2D eigenvalue weighted by molar-refractivity contribution is 8.00. The molecule has 0 saturated heterocycles. The van der Waals surface area contributed by atoms with Crippen LogP contribution in [-0.2, 0) is 4.79 Å². The van der Waals surface area contributed by atoms with Gasteiger partial charge in [-0.25, -0.2) is 0 Å². The lowest BCUT2D eigenvalue weighted by molar-refractivity contribution is -0.479. The number of carbonyl (C=O) groups is 1. The molecule has 0 saturated carbocycles. The minimum absolute atomic E-state index is 0.112. The number of nitrogens with zero attached hydrogens (tertiary/aromatic N) is 1. The van der Waals surface area contributed by atoms with Gasteiger partial charge >= 0.3 is 0 Å². The minimum Gasteiger partial charge on any atom is -0.549 e. The maximum Gasteiger partial charge on any atom is 0.231 e. The van der Waals surface area contributed by atoms with Crippen LogP contribution >= 0.6 is 11.8 Å². The van der Waals surface area contributed by atoms with Gasteiger partial charge in [0, 0.05) is 10.2 Å². The molecule has 1 heterocycles. The molecule has 0 amide bonds. The summed E-state index contributed by atoms with van der Waals surface area (Å²) in [6.45, 7) is 1.18. The molecule has 0 spiro atoms. The third-order valence-corrected chi connectivity index (χ3v) is 4.13. The molecule has 1 aliphatic heterocycles. The first-order valence-corrected chi connectivity index (χ1v) is 6.79. The van der Waals surface area contributed by atoms with Gasteiger partial charge in [0.25, 0.3) is 0 Å². The molecule has 1 aliphatic rings. The molecular weight excluding hydrogens is 286 g/mol. The van der Waals surface area contributed by atoms with E-state index in [1.54, 1.807) is 18.2 Å². The summed E-state index contributed by atoms with van der Waals surface area (Å²) in [5.74, 6) is -0.159. The fourth-order valence-electron chi connectivity index (χ4n) is 1.78. The summed E-state index contributed by atoms with van der Waals surface area (Å²) in [6, 6.07) is 4.98. The number of carbonyl (C=O) groups excluding carboxylic acids is 1. The SMILES string of the molecule is CC(SC(C[N+](=O)[O-])c1ccc2c(c1)OCO2)C(=O)[O-]. The molecule has 108 valence electrons. The molecule has 1 aromatic rings. The predicted octanol–water partition coefficient (Wildman–Crippen LogP) is 0.605. The largest absolute Gasteiger partial charge is 0.549 e. The number of rotatable bonds is 6. The fourth-order valence-corrected chi connectivity index (χ4v) is 2.89. The van der Waals surface area contributed by atoms with Crippen molar-refractivity contribution in [3.63, 3.8) is 0 Å². The topological polar surface area (TPSA) is 102 Å². The lowest BCUT2D eigenvalue weighted by Crippen LogP contribution is -2.32. The first kappa shape index (κ1) is 14.4. The standard InChI is InChI=1S/C12H13NO6S/c1-7(12(14)15)20-11(5-13(16)17)8-2-3-9-10(4-8)19-6-18-9/h2-4,7,11H,5-6H2,1H3,(H,14,15)/p-1. The molecule has 20 heavy (non-hydrogen) atoms. The molecule has 2 atom stereocenters. The molecule has 2 unspecified atom stereocenters. The van der Waals surface area contributed by atoms with E-state index in [9.17, 15) is 20.0 Å². The molecule has 0 bridgehead atoms. The van der Waals surface area contributed by atoms with E-state index in [-0.39, 0.29) is 13.3 Å². The Morgan fingerprint density at radius 3 is 2.80 bits per heavy atom. The molecule has 1 aromatic carbocycles. The van der Waals surface area contributed by atoms with Crippen LogP contribution in [0.3, 0.4) is 0 Å². The van der Waals surface area contributed by atoms with Gasteiger partial charge in [-0.3, -0.25) is 10.1 Å². The van der Waals surface area contributed by atoms with E-state index >= 15 is 0 Å². The Labute approximate surface area is 119 Å². The summed E-state index contributed by atoms with van der Waals surface area (Å²) in [4.78, 5) is 21.1. The van der Waals surface area contributed by atoms with E-state index < -0.39 is 21.4 Å². The zero-order chi connectivity index (χ0) is 14.7. The number of nitro groups is 1. The number of carboxylic acid groups (broad SMARTS) is 1. The third kappa shape index (κ3) is 3.32. The van der Waals surface area contributed by atoms with Crippen molar-refractivity contribution in [2.24, 2.45) is 0 Å². The second kappa shape index (κ2) is 6.00. The number of hydrogen-bond donors (Lipinski definition) is 0. The Morgan fingerprint density at radius 1 is 1.45 bits per heavy atom. The van der Waals surface area contributed by atoms with Gasteiger partial charge in [-0.15, -0.1) is 11.8 Å². The van der Waals surface area contributed by atoms with E-state index in [1.165, 1.54) is 6.92 Å². The van der Waals surface area contributed by atoms with Crippen LogP contribution in [0.4, 0.5) is 0 Å². The number of benzene rings is 1. The van der Waals surface area contributed by atoms with Crippen LogP contribution < -0.4 is 14.6 Å². The molecule has 8 heteroatoms. The van der Waals surface area contributed by atoms with Crippen LogP contribution in [0.15, 0.2) is 18.2 Å². The van der Waals surface area contributed by atoms with E-state index in [1.807, 2.05) is 0 Å². The first-order chi connectivity index (χ1) is 9.47. The van der Waals surface area contributed by atoms with Crippen molar-refractivity contribution in [3.05, 3.63) is 33.9 Å². The smallest absolute Gasteiger partial charge is 0.231 e. The van der Waals surface area contributed by atoms with Gasteiger partial charge in [0.1, 0.15) is 0 Å². The first-order valence-electron chi connectivity index (χ1n) is 5.85. The van der Waals surface area contributed by atoms with E-state index in [0.29, 0.717) is 17.1 Å². The van der Waals surface area contributed by atoms with Crippen LogP contribution in [0.5, 0.6) is 11.5 Å². The van der Waals surface area contributed by atoms with Crippen molar-refractivity contribution < 1.29 is 24.3 Å². The van der Waals surface area contributed by atoms with E-state index in [2.05, 4.69) is 0 Å². The van der Waals surface area contributed by atoms with Crippen LogP contribution in [0.25, 0.3) is 0 Å². The monoisotopic (exact) mass is 298 g/mol. The quantitative estimate of drug-likeness (QED) is 0.560. The molecule has 0 N–H and O–H groups in total. The van der Waals surface area contributed by atoms with Crippen molar-refractivity contribution in [3.8, 4) is 11.5 Å². The Bertz CT molecular complexity index is 535. The summed E-state index contributed by atoms with van der Waals surface area (Å²) in [5.41, 5.74) is 0.629. The number of carboxylic acids is 1. The molecule has 7 nitrogen and oxygen atoms in total. The molecule has 0 aliphatic carbocycles. The van der Waals surface area contributed by atoms with Gasteiger partial charge in [-0.05, 0) is 24.6 Å². The second-order valence-corrected chi connectivity index (χ2v) is 5.76. The Kier molecular flexibility index (Phi) is 4.33. The van der Waals surface area contributed by atoms with Crippen molar-refractivity contribution in [1.29, 1.82) is 0 Å². The second-order valence-electron chi connectivity index (χ2n) is 4.21. The normalized spacial score (nSPS) is 15.7. The van der Waals surface area contributed by atoms with Crippen molar-refractivity contribution in [2.45, 2.75) is 17.4 Å². The van der Waals surface area contributed by atoms with Gasteiger partial charge in [-0.1, -0.05) is 6.07 Å². The number of thioether (sulfide) groups is 1. The number of hydrogen-bond acceptors (Lipinski definition) is 7. The van der Waals surface area contributed by atoms with Gasteiger partial charge in [0.15, 0.2) is 11.5 Å². The van der Waals surface area contributed by atoms with Crippen LogP contribution in [0.1, 0.15) is 17.7 Å².